The van der Waals surface area contributed by atoms with Crippen LogP contribution < -0.4 is 5.56 Å². The molecule has 4 aromatic rings. The van der Waals surface area contributed by atoms with Crippen LogP contribution in [0.5, 0.6) is 0 Å². The van der Waals surface area contributed by atoms with Crippen molar-refractivity contribution in [2.45, 2.75) is 6.54 Å². The smallest absolute Gasteiger partial charge is 0.287 e. The second kappa shape index (κ2) is 6.31. The number of nitrogens with one attached hydrogen (secondary N) is 1. The molecular weight excluding hydrogens is 346 g/mol. The number of nitrogens with zero attached hydrogens (tertiary/aromatic N) is 5. The van der Waals surface area contributed by atoms with Crippen LogP contribution in [0, 0.1) is 11.6 Å². The Kier molecular flexibility index (Phi) is 3.84. The van der Waals surface area contributed by atoms with Gasteiger partial charge >= 0.3 is 0 Å². The molecule has 0 aliphatic carbocycles. The van der Waals surface area contributed by atoms with E-state index in [-0.39, 0.29) is 23.9 Å². The van der Waals surface area contributed by atoms with Gasteiger partial charge in [-0.1, -0.05) is 23.4 Å². The molecule has 8 nitrogen and oxygen atoms in total. The molecular formula is C16H10F2N6O2. The third-order valence-corrected chi connectivity index (χ3v) is 3.65. The Balaban J connectivity index is 1.82. The second-order valence-corrected chi connectivity index (χ2v) is 5.33. The lowest BCUT2D eigenvalue weighted by molar-refractivity contribution is 0.418. The van der Waals surface area contributed by atoms with E-state index in [1.54, 1.807) is 24.3 Å². The first-order valence-corrected chi connectivity index (χ1v) is 7.45. The van der Waals surface area contributed by atoms with Gasteiger partial charge in [-0.2, -0.15) is 14.5 Å². The summed E-state index contributed by atoms with van der Waals surface area (Å²) in [5.41, 5.74) is 0.148. The summed E-state index contributed by atoms with van der Waals surface area (Å²) < 4.78 is 33.3. The Morgan fingerprint density at radius 3 is 2.73 bits per heavy atom. The van der Waals surface area contributed by atoms with E-state index >= 15 is 0 Å². The molecule has 0 amide bonds. The SMILES string of the molecule is O=c1[nH]c(-c2cc(-c3ncon3)n(Cc3ccccc3F)n2)ncc1F. The minimum absolute atomic E-state index is 0.0634. The third kappa shape index (κ3) is 2.88. The highest BCUT2D eigenvalue weighted by Gasteiger charge is 2.17. The minimum atomic E-state index is -1.00. The van der Waals surface area contributed by atoms with Gasteiger partial charge < -0.3 is 9.51 Å². The summed E-state index contributed by atoms with van der Waals surface area (Å²) >= 11 is 0. The monoisotopic (exact) mass is 356 g/mol. The Morgan fingerprint density at radius 1 is 1.15 bits per heavy atom. The summed E-state index contributed by atoms with van der Waals surface area (Å²) in [4.78, 5) is 21.6. The molecule has 3 heterocycles. The van der Waals surface area contributed by atoms with Gasteiger partial charge in [0, 0.05) is 5.56 Å². The molecule has 0 atom stereocenters. The van der Waals surface area contributed by atoms with E-state index in [0.717, 1.165) is 12.6 Å². The molecule has 1 N–H and O–H groups in total. The quantitative estimate of drug-likeness (QED) is 0.600. The average molecular weight is 356 g/mol. The average Bonchev–Trinajstić information content (AvgIpc) is 3.29. The number of aromatic amines is 1. The standard InChI is InChI=1S/C16H10F2N6O2/c17-10-4-2-1-3-9(10)7-24-13(15-20-8-26-23-15)5-12(22-24)14-19-6-11(18)16(25)21-14/h1-6,8H,7H2,(H,19,21,25). The lowest BCUT2D eigenvalue weighted by Crippen LogP contribution is -2.12. The zero-order chi connectivity index (χ0) is 18.1. The molecule has 0 saturated carbocycles. The molecule has 1 aromatic carbocycles. The first-order valence-electron chi connectivity index (χ1n) is 7.45. The fourth-order valence-electron chi connectivity index (χ4n) is 2.41. The minimum Gasteiger partial charge on any atom is -0.342 e. The van der Waals surface area contributed by atoms with Gasteiger partial charge in [0.05, 0.1) is 12.7 Å². The molecule has 10 heteroatoms. The predicted molar refractivity (Wildman–Crippen MR) is 84.8 cm³/mol. The summed E-state index contributed by atoms with van der Waals surface area (Å²) in [7, 11) is 0. The molecule has 0 aliphatic rings. The molecule has 3 aromatic heterocycles. The topological polar surface area (TPSA) is 102 Å². The summed E-state index contributed by atoms with van der Waals surface area (Å²) in [6.07, 6.45) is 1.95. The highest BCUT2D eigenvalue weighted by molar-refractivity contribution is 5.60. The van der Waals surface area contributed by atoms with Crippen molar-refractivity contribution in [2.24, 2.45) is 0 Å². The van der Waals surface area contributed by atoms with E-state index in [4.69, 9.17) is 4.52 Å². The van der Waals surface area contributed by atoms with E-state index in [9.17, 15) is 13.6 Å². The molecule has 130 valence electrons. The number of hydrogen-bond donors (Lipinski definition) is 1. The molecule has 0 spiro atoms. The van der Waals surface area contributed by atoms with Crippen LogP contribution in [-0.2, 0) is 6.54 Å². The van der Waals surface area contributed by atoms with Gasteiger partial charge in [0.1, 0.15) is 17.2 Å². The summed E-state index contributed by atoms with van der Waals surface area (Å²) in [5, 5.41) is 8.07. The molecule has 0 bridgehead atoms. The van der Waals surface area contributed by atoms with Crippen molar-refractivity contribution < 1.29 is 13.3 Å². The third-order valence-electron chi connectivity index (χ3n) is 3.65. The van der Waals surface area contributed by atoms with Crippen LogP contribution in [0.25, 0.3) is 23.0 Å². The first kappa shape index (κ1) is 15.8. The fraction of sp³-hybridized carbons (Fsp3) is 0.0625. The lowest BCUT2D eigenvalue weighted by Gasteiger charge is -2.06. The van der Waals surface area contributed by atoms with Crippen molar-refractivity contribution in [3.8, 4) is 23.0 Å². The van der Waals surface area contributed by atoms with E-state index in [0.29, 0.717) is 11.3 Å². The van der Waals surface area contributed by atoms with Gasteiger partial charge in [0.2, 0.25) is 18.0 Å². The van der Waals surface area contributed by atoms with Crippen LogP contribution in [0.1, 0.15) is 5.56 Å². The molecule has 0 saturated heterocycles. The normalized spacial score (nSPS) is 11.0. The van der Waals surface area contributed by atoms with E-state index in [1.807, 2.05) is 0 Å². The number of hydrogen-bond acceptors (Lipinski definition) is 6. The van der Waals surface area contributed by atoms with Gasteiger partial charge in [-0.3, -0.25) is 9.48 Å². The van der Waals surface area contributed by atoms with Crippen molar-refractivity contribution in [1.29, 1.82) is 0 Å². The second-order valence-electron chi connectivity index (χ2n) is 5.33. The van der Waals surface area contributed by atoms with Gasteiger partial charge in [-0.15, -0.1) is 0 Å². The number of halogens is 2. The van der Waals surface area contributed by atoms with Crippen LogP contribution >= 0.6 is 0 Å². The molecule has 0 aliphatic heterocycles. The number of aromatic nitrogens is 6. The van der Waals surface area contributed by atoms with Gasteiger partial charge in [-0.05, 0) is 12.1 Å². The van der Waals surface area contributed by atoms with E-state index in [2.05, 4.69) is 25.2 Å². The molecule has 26 heavy (non-hydrogen) atoms. The predicted octanol–water partition coefficient (Wildman–Crippen LogP) is 2.01. The van der Waals surface area contributed by atoms with Crippen LogP contribution in [-0.4, -0.2) is 29.9 Å². The highest BCUT2D eigenvalue weighted by atomic mass is 19.1. The molecule has 4 rings (SSSR count). The van der Waals surface area contributed by atoms with E-state index < -0.39 is 17.2 Å². The van der Waals surface area contributed by atoms with Crippen molar-refractivity contribution in [3.05, 3.63) is 70.5 Å². The highest BCUT2D eigenvalue weighted by Crippen LogP contribution is 2.23. The van der Waals surface area contributed by atoms with E-state index in [1.165, 1.54) is 10.7 Å². The summed E-state index contributed by atoms with van der Waals surface area (Å²) in [6, 6.07) is 7.79. The Hall–Kier alpha value is -3.69. The van der Waals surface area contributed by atoms with Crippen molar-refractivity contribution in [1.82, 2.24) is 29.9 Å². The zero-order valence-corrected chi connectivity index (χ0v) is 13.1. The van der Waals surface area contributed by atoms with Crippen LogP contribution in [0.15, 0.2) is 52.2 Å². The van der Waals surface area contributed by atoms with Crippen LogP contribution in [0.2, 0.25) is 0 Å². The molecule has 0 fully saturated rings. The number of H-pyrrole nitrogens is 1. The fourth-order valence-corrected chi connectivity index (χ4v) is 2.41. The van der Waals surface area contributed by atoms with Crippen LogP contribution in [0.4, 0.5) is 8.78 Å². The molecule has 0 radical (unpaired) electrons. The van der Waals surface area contributed by atoms with Gasteiger partial charge in [0.25, 0.3) is 5.56 Å². The molecule has 0 unspecified atom stereocenters. The number of rotatable bonds is 4. The Morgan fingerprint density at radius 2 is 2.00 bits per heavy atom. The Bertz CT molecular complexity index is 1120. The maximum Gasteiger partial charge on any atom is 0.287 e. The zero-order valence-electron chi connectivity index (χ0n) is 13.1. The summed E-state index contributed by atoms with van der Waals surface area (Å²) in [5.74, 6) is -1.10. The van der Waals surface area contributed by atoms with Crippen molar-refractivity contribution in [3.63, 3.8) is 0 Å². The first-order chi connectivity index (χ1) is 12.6. The van der Waals surface area contributed by atoms with Crippen molar-refractivity contribution >= 4 is 0 Å². The number of benzene rings is 1. The van der Waals surface area contributed by atoms with Crippen molar-refractivity contribution in [2.75, 3.05) is 0 Å². The Labute approximate surface area is 144 Å². The lowest BCUT2D eigenvalue weighted by atomic mass is 10.2. The summed E-state index contributed by atoms with van der Waals surface area (Å²) in [6.45, 7) is 0.0853. The largest absolute Gasteiger partial charge is 0.342 e. The van der Waals surface area contributed by atoms with Gasteiger partial charge in [-0.25, -0.2) is 9.37 Å². The van der Waals surface area contributed by atoms with Gasteiger partial charge in [0.15, 0.2) is 5.82 Å². The maximum atomic E-state index is 14.0. The van der Waals surface area contributed by atoms with Crippen LogP contribution in [0.3, 0.4) is 0 Å². The maximum absolute atomic E-state index is 14.0.